The van der Waals surface area contributed by atoms with Crippen LogP contribution >= 0.6 is 22.9 Å². The summed E-state index contributed by atoms with van der Waals surface area (Å²) in [6.45, 7) is 5.92. The molecule has 1 heterocycles. The van der Waals surface area contributed by atoms with Gasteiger partial charge in [-0.2, -0.15) is 0 Å². The molecule has 2 unspecified atom stereocenters. The number of hydrogen-bond donors (Lipinski definition) is 0. The summed E-state index contributed by atoms with van der Waals surface area (Å²) in [7, 11) is -1.36. The van der Waals surface area contributed by atoms with Crippen LogP contribution in [0, 0.1) is 0 Å². The Morgan fingerprint density at radius 3 is 2.19 bits per heavy atom. The van der Waals surface area contributed by atoms with Crippen LogP contribution in [-0.2, 0) is 10.8 Å². The van der Waals surface area contributed by atoms with E-state index in [-0.39, 0.29) is 5.78 Å². The van der Waals surface area contributed by atoms with Crippen LogP contribution in [-0.4, -0.2) is 15.2 Å². The van der Waals surface area contributed by atoms with E-state index in [0.717, 1.165) is 0 Å². The zero-order chi connectivity index (χ0) is 15.6. The average Bonchev–Trinajstić information content (AvgIpc) is 2.91. The molecular formula is C16H17ClO2S2. The predicted molar refractivity (Wildman–Crippen MR) is 90.1 cm³/mol. The molecule has 2 rings (SSSR count). The van der Waals surface area contributed by atoms with Gasteiger partial charge in [0.15, 0.2) is 5.78 Å². The van der Waals surface area contributed by atoms with Crippen molar-refractivity contribution in [3.8, 4) is 0 Å². The fourth-order valence-electron chi connectivity index (χ4n) is 1.94. The van der Waals surface area contributed by atoms with E-state index in [0.29, 0.717) is 20.0 Å². The first-order chi connectivity index (χ1) is 9.90. The van der Waals surface area contributed by atoms with Crippen LogP contribution in [0.3, 0.4) is 0 Å². The van der Waals surface area contributed by atoms with Crippen molar-refractivity contribution < 1.29 is 9.00 Å². The lowest BCUT2D eigenvalue weighted by molar-refractivity contribution is 0.0996. The number of benzene rings is 1. The summed E-state index contributed by atoms with van der Waals surface area (Å²) in [6, 6.07) is 11.0. The van der Waals surface area contributed by atoms with Gasteiger partial charge in [-0.15, -0.1) is 11.3 Å². The standard InChI is InChI=1S/C16H17ClO2S2/c1-10(2)12-4-6-13(7-5-12)21(19)11(3)16(18)14-8-9-15(17)20-14/h4-11H,1-3H3. The lowest BCUT2D eigenvalue weighted by atomic mass is 10.0. The highest BCUT2D eigenvalue weighted by molar-refractivity contribution is 7.86. The van der Waals surface area contributed by atoms with Crippen molar-refractivity contribution >= 4 is 39.5 Å². The molecule has 0 saturated heterocycles. The fourth-order valence-corrected chi connectivity index (χ4v) is 4.22. The Hall–Kier alpha value is -0.970. The predicted octanol–water partition coefficient (Wildman–Crippen LogP) is 4.90. The number of ketones is 1. The number of rotatable bonds is 5. The molecule has 0 aliphatic rings. The molecule has 0 fully saturated rings. The number of halogens is 1. The normalized spacial score (nSPS) is 14.1. The van der Waals surface area contributed by atoms with Gasteiger partial charge in [0, 0.05) is 4.90 Å². The van der Waals surface area contributed by atoms with Crippen LogP contribution in [0.4, 0.5) is 0 Å². The van der Waals surface area contributed by atoms with Crippen molar-refractivity contribution in [3.05, 3.63) is 51.2 Å². The molecule has 0 saturated carbocycles. The maximum absolute atomic E-state index is 12.5. The third kappa shape index (κ3) is 3.82. The summed E-state index contributed by atoms with van der Waals surface area (Å²) in [5.74, 6) is 0.304. The Balaban J connectivity index is 2.17. The Kier molecular flexibility index (Phi) is 5.36. The molecule has 2 nitrogen and oxygen atoms in total. The lowest BCUT2D eigenvalue weighted by Crippen LogP contribution is -2.22. The van der Waals surface area contributed by atoms with E-state index in [9.17, 15) is 9.00 Å². The van der Waals surface area contributed by atoms with Crippen molar-refractivity contribution in [1.82, 2.24) is 0 Å². The lowest BCUT2D eigenvalue weighted by Gasteiger charge is -2.11. The van der Waals surface area contributed by atoms with Gasteiger partial charge < -0.3 is 0 Å². The zero-order valence-corrected chi connectivity index (χ0v) is 14.5. The molecule has 2 aromatic rings. The highest BCUT2D eigenvalue weighted by Crippen LogP contribution is 2.25. The number of thiophene rings is 1. The SMILES string of the molecule is CC(C)c1ccc(S(=O)C(C)C(=O)c2ccc(Cl)s2)cc1. The minimum absolute atomic E-state index is 0.127. The molecular weight excluding hydrogens is 324 g/mol. The van der Waals surface area contributed by atoms with Crippen LogP contribution in [0.25, 0.3) is 0 Å². The zero-order valence-electron chi connectivity index (χ0n) is 12.1. The molecule has 2 atom stereocenters. The minimum Gasteiger partial charge on any atom is -0.292 e. The van der Waals surface area contributed by atoms with Gasteiger partial charge in [-0.05, 0) is 42.7 Å². The van der Waals surface area contributed by atoms with Crippen molar-refractivity contribution in [2.45, 2.75) is 36.8 Å². The molecule has 0 radical (unpaired) electrons. The molecule has 1 aromatic carbocycles. The van der Waals surface area contributed by atoms with Gasteiger partial charge in [0.25, 0.3) is 0 Å². The summed E-state index contributed by atoms with van der Waals surface area (Å²) >= 11 is 7.07. The van der Waals surface area contributed by atoms with Gasteiger partial charge in [0.2, 0.25) is 0 Å². The fraction of sp³-hybridized carbons (Fsp3) is 0.312. The molecule has 0 bridgehead atoms. The molecule has 0 aliphatic heterocycles. The van der Waals surface area contributed by atoms with Gasteiger partial charge >= 0.3 is 0 Å². The van der Waals surface area contributed by atoms with Crippen LogP contribution in [0.15, 0.2) is 41.3 Å². The van der Waals surface area contributed by atoms with Crippen LogP contribution in [0.2, 0.25) is 4.34 Å². The summed E-state index contributed by atoms with van der Waals surface area (Å²) in [4.78, 5) is 13.5. The first-order valence-corrected chi connectivity index (χ1v) is 9.11. The van der Waals surface area contributed by atoms with Gasteiger partial charge in [0.05, 0.1) is 20.0 Å². The number of carbonyl (C=O) groups excluding carboxylic acids is 1. The maximum Gasteiger partial charge on any atom is 0.188 e. The smallest absolute Gasteiger partial charge is 0.188 e. The Labute approximate surface area is 136 Å². The van der Waals surface area contributed by atoms with E-state index in [1.807, 2.05) is 24.3 Å². The van der Waals surface area contributed by atoms with E-state index in [4.69, 9.17) is 11.6 Å². The first kappa shape index (κ1) is 16.4. The second-order valence-electron chi connectivity index (χ2n) is 5.13. The van der Waals surface area contributed by atoms with E-state index in [1.54, 1.807) is 19.1 Å². The Morgan fingerprint density at radius 1 is 1.10 bits per heavy atom. The quantitative estimate of drug-likeness (QED) is 0.725. The van der Waals surface area contributed by atoms with E-state index in [1.165, 1.54) is 16.9 Å². The summed E-state index contributed by atoms with van der Waals surface area (Å²) in [5, 5.41) is -0.579. The Bertz CT molecular complexity index is 659. The molecule has 112 valence electrons. The second kappa shape index (κ2) is 6.86. The van der Waals surface area contributed by atoms with Crippen LogP contribution < -0.4 is 0 Å². The molecule has 1 aromatic heterocycles. The van der Waals surface area contributed by atoms with E-state index >= 15 is 0 Å². The molecule has 0 amide bonds. The molecule has 21 heavy (non-hydrogen) atoms. The second-order valence-corrected chi connectivity index (χ2v) is 8.62. The topological polar surface area (TPSA) is 34.1 Å². The molecule has 5 heteroatoms. The molecule has 0 N–H and O–H groups in total. The highest BCUT2D eigenvalue weighted by Gasteiger charge is 2.24. The van der Waals surface area contributed by atoms with Gasteiger partial charge in [-0.25, -0.2) is 0 Å². The molecule has 0 aliphatic carbocycles. The highest BCUT2D eigenvalue weighted by atomic mass is 35.5. The third-order valence-electron chi connectivity index (χ3n) is 3.29. The number of carbonyl (C=O) groups is 1. The first-order valence-electron chi connectivity index (χ1n) is 6.70. The average molecular weight is 341 g/mol. The largest absolute Gasteiger partial charge is 0.292 e. The summed E-state index contributed by atoms with van der Waals surface area (Å²) < 4.78 is 13.1. The third-order valence-corrected chi connectivity index (χ3v) is 6.12. The molecule has 0 spiro atoms. The maximum atomic E-state index is 12.5. The number of Topliss-reactive ketones (excluding diaryl/α,β-unsaturated/α-hetero) is 1. The van der Waals surface area contributed by atoms with Crippen molar-refractivity contribution in [2.75, 3.05) is 0 Å². The van der Waals surface area contributed by atoms with Crippen molar-refractivity contribution in [3.63, 3.8) is 0 Å². The van der Waals surface area contributed by atoms with E-state index in [2.05, 4.69) is 13.8 Å². The van der Waals surface area contributed by atoms with Gasteiger partial charge in [-0.3, -0.25) is 9.00 Å². The monoisotopic (exact) mass is 340 g/mol. The van der Waals surface area contributed by atoms with Crippen LogP contribution in [0.1, 0.15) is 41.9 Å². The van der Waals surface area contributed by atoms with Crippen LogP contribution in [0.5, 0.6) is 0 Å². The van der Waals surface area contributed by atoms with Crippen molar-refractivity contribution in [2.24, 2.45) is 0 Å². The summed E-state index contributed by atoms with van der Waals surface area (Å²) in [5.41, 5.74) is 1.19. The summed E-state index contributed by atoms with van der Waals surface area (Å²) in [6.07, 6.45) is 0. The van der Waals surface area contributed by atoms with Gasteiger partial charge in [-0.1, -0.05) is 37.6 Å². The van der Waals surface area contributed by atoms with Gasteiger partial charge in [0.1, 0.15) is 5.25 Å². The van der Waals surface area contributed by atoms with Crippen molar-refractivity contribution in [1.29, 1.82) is 0 Å². The van der Waals surface area contributed by atoms with E-state index < -0.39 is 16.0 Å². The number of hydrogen-bond acceptors (Lipinski definition) is 3. The Morgan fingerprint density at radius 2 is 1.71 bits per heavy atom. The minimum atomic E-state index is -1.36.